The van der Waals surface area contributed by atoms with Gasteiger partial charge in [0.25, 0.3) is 0 Å². The molecule has 0 saturated carbocycles. The van der Waals surface area contributed by atoms with Crippen molar-refractivity contribution in [2.24, 2.45) is 5.73 Å². The number of aromatic nitrogens is 2. The molecule has 1 aliphatic heterocycles. The number of aryl methyl sites for hydroxylation is 1. The number of hydrogen-bond donors (Lipinski definition) is 1. The number of allylic oxidation sites excluding steroid dienone is 1. The summed E-state index contributed by atoms with van der Waals surface area (Å²) < 4.78 is 61.5. The van der Waals surface area contributed by atoms with Crippen LogP contribution in [0.5, 0.6) is 5.88 Å². The lowest BCUT2D eigenvalue weighted by Gasteiger charge is -2.25. The molecule has 1 aromatic heterocycles. The van der Waals surface area contributed by atoms with Crippen LogP contribution in [0.25, 0.3) is 5.69 Å². The van der Waals surface area contributed by atoms with Gasteiger partial charge in [-0.2, -0.15) is 28.2 Å². The number of nitrogens with two attached hydrogens (primary N) is 1. The summed E-state index contributed by atoms with van der Waals surface area (Å²) in [5.41, 5.74) is 5.73. The number of nitriles is 1. The van der Waals surface area contributed by atoms with Gasteiger partial charge in [0.15, 0.2) is 5.69 Å². The quantitative estimate of drug-likeness (QED) is 0.624. The molecule has 152 valence electrons. The smallest absolute Gasteiger partial charge is 0.422 e. The lowest BCUT2D eigenvalue weighted by Crippen LogP contribution is -2.23. The molecule has 0 fully saturated rings. The molecule has 4 rings (SSSR count). The predicted octanol–water partition coefficient (Wildman–Crippen LogP) is 4.56. The molecule has 9 heteroatoms. The van der Waals surface area contributed by atoms with E-state index in [0.29, 0.717) is 5.56 Å². The molecule has 0 bridgehead atoms. The van der Waals surface area contributed by atoms with Crippen LogP contribution >= 0.6 is 0 Å². The number of alkyl halides is 3. The molecule has 0 spiro atoms. The van der Waals surface area contributed by atoms with Crippen LogP contribution in [0, 0.1) is 24.1 Å². The summed E-state index contributed by atoms with van der Waals surface area (Å²) in [5.74, 6) is -2.26. The fraction of sp³-hybridized carbons (Fsp3) is 0.143. The van der Waals surface area contributed by atoms with Crippen LogP contribution in [0.1, 0.15) is 28.3 Å². The first-order chi connectivity index (χ1) is 14.2. The summed E-state index contributed by atoms with van der Waals surface area (Å²) in [6.07, 6.45) is -4.83. The normalized spacial score (nSPS) is 16.1. The summed E-state index contributed by atoms with van der Waals surface area (Å²) in [4.78, 5) is 0. The minimum Gasteiger partial charge on any atom is -0.422 e. The molecule has 2 N–H and O–H groups in total. The van der Waals surface area contributed by atoms with Crippen LogP contribution < -0.4 is 10.5 Å². The topological polar surface area (TPSA) is 76.9 Å². The maximum atomic E-state index is 13.9. The van der Waals surface area contributed by atoms with Crippen LogP contribution in [-0.2, 0) is 6.18 Å². The molecule has 0 aliphatic carbocycles. The molecule has 0 saturated heterocycles. The van der Waals surface area contributed by atoms with Gasteiger partial charge in [0.05, 0.1) is 17.2 Å². The number of fused-ring (bicyclic) bond motifs is 1. The minimum absolute atomic E-state index is 0.143. The van der Waals surface area contributed by atoms with Gasteiger partial charge >= 0.3 is 6.18 Å². The molecular weight excluding hydrogens is 400 g/mol. The van der Waals surface area contributed by atoms with E-state index >= 15 is 0 Å². The van der Waals surface area contributed by atoms with Crippen molar-refractivity contribution in [1.29, 1.82) is 5.26 Å². The zero-order chi connectivity index (χ0) is 21.6. The maximum absolute atomic E-state index is 13.9. The van der Waals surface area contributed by atoms with E-state index in [2.05, 4.69) is 5.10 Å². The van der Waals surface area contributed by atoms with E-state index in [-0.39, 0.29) is 28.6 Å². The Hall–Kier alpha value is -3.80. The first kappa shape index (κ1) is 19.5. The molecule has 2 aromatic carbocycles. The fourth-order valence-electron chi connectivity index (χ4n) is 3.40. The van der Waals surface area contributed by atoms with Gasteiger partial charge in [-0.3, -0.25) is 0 Å². The van der Waals surface area contributed by atoms with Crippen LogP contribution in [0.3, 0.4) is 0 Å². The fourth-order valence-corrected chi connectivity index (χ4v) is 3.40. The lowest BCUT2D eigenvalue weighted by molar-refractivity contribution is -0.142. The monoisotopic (exact) mass is 414 g/mol. The molecule has 2 heterocycles. The summed E-state index contributed by atoms with van der Waals surface area (Å²) in [6, 6.07) is 13.3. The molecule has 3 aromatic rings. The molecule has 1 unspecified atom stereocenters. The summed E-state index contributed by atoms with van der Waals surface area (Å²) in [5, 5.41) is 13.3. The Bertz CT molecular complexity index is 1190. The highest BCUT2D eigenvalue weighted by Gasteiger charge is 2.46. The zero-order valence-corrected chi connectivity index (χ0v) is 15.5. The van der Waals surface area contributed by atoms with Crippen molar-refractivity contribution >= 4 is 0 Å². The number of ether oxygens (including phenoxy) is 1. The second kappa shape index (κ2) is 6.91. The van der Waals surface area contributed by atoms with Crippen LogP contribution in [0.15, 0.2) is 60.0 Å². The van der Waals surface area contributed by atoms with Crippen molar-refractivity contribution in [2.75, 3.05) is 0 Å². The SMILES string of the molecule is Cc1ccc(C2C(C#N)=C(N)Oc3c2c(C(F)(F)F)nn3-c2ccc(F)cc2)cc1. The van der Waals surface area contributed by atoms with E-state index in [1.54, 1.807) is 24.3 Å². The first-order valence-electron chi connectivity index (χ1n) is 8.81. The predicted molar refractivity (Wildman–Crippen MR) is 99.0 cm³/mol. The van der Waals surface area contributed by atoms with Gasteiger partial charge in [-0.15, -0.1) is 0 Å². The van der Waals surface area contributed by atoms with Crippen molar-refractivity contribution in [3.8, 4) is 17.6 Å². The lowest BCUT2D eigenvalue weighted by atomic mass is 9.83. The number of rotatable bonds is 2. The summed E-state index contributed by atoms with van der Waals surface area (Å²) in [7, 11) is 0. The van der Waals surface area contributed by atoms with Crippen LogP contribution in [0.4, 0.5) is 17.6 Å². The molecule has 30 heavy (non-hydrogen) atoms. The van der Waals surface area contributed by atoms with Crippen LogP contribution in [-0.4, -0.2) is 9.78 Å². The van der Waals surface area contributed by atoms with Gasteiger partial charge in [0, 0.05) is 0 Å². The highest BCUT2D eigenvalue weighted by Crippen LogP contribution is 2.48. The number of halogens is 4. The van der Waals surface area contributed by atoms with Gasteiger partial charge in [0.2, 0.25) is 11.8 Å². The zero-order valence-electron chi connectivity index (χ0n) is 15.5. The van der Waals surface area contributed by atoms with Gasteiger partial charge in [-0.05, 0) is 36.8 Å². The number of hydrogen-bond acceptors (Lipinski definition) is 4. The Balaban J connectivity index is 2.03. The first-order valence-corrected chi connectivity index (χ1v) is 8.81. The number of nitrogens with zero attached hydrogens (tertiary/aromatic N) is 3. The molecule has 5 nitrogen and oxygen atoms in total. The third kappa shape index (κ3) is 3.16. The molecular formula is C21H14F4N4O. The van der Waals surface area contributed by atoms with E-state index in [1.165, 1.54) is 12.1 Å². The number of benzene rings is 2. The third-order valence-corrected chi connectivity index (χ3v) is 4.80. The van der Waals surface area contributed by atoms with Crippen LogP contribution in [0.2, 0.25) is 0 Å². The van der Waals surface area contributed by atoms with E-state index in [4.69, 9.17) is 10.5 Å². The van der Waals surface area contributed by atoms with Gasteiger partial charge in [0.1, 0.15) is 17.5 Å². The average molecular weight is 414 g/mol. The molecule has 1 aliphatic rings. The van der Waals surface area contributed by atoms with Crippen molar-refractivity contribution in [3.63, 3.8) is 0 Å². The largest absolute Gasteiger partial charge is 0.435 e. The van der Waals surface area contributed by atoms with Crippen molar-refractivity contribution < 1.29 is 22.3 Å². The standard InChI is InChI=1S/C21H14F4N4O/c1-11-2-4-12(5-3-11)16-15(10-26)19(27)30-20-17(16)18(21(23,24)25)28-29(20)14-8-6-13(22)7-9-14/h2-9,16H,27H2,1H3. The highest BCUT2D eigenvalue weighted by molar-refractivity contribution is 5.58. The Morgan fingerprint density at radius 3 is 2.30 bits per heavy atom. The Labute approximate surface area is 168 Å². The Kier molecular flexibility index (Phi) is 4.50. The molecule has 0 radical (unpaired) electrons. The maximum Gasteiger partial charge on any atom is 0.435 e. The van der Waals surface area contributed by atoms with E-state index < -0.39 is 23.6 Å². The Morgan fingerprint density at radius 2 is 1.73 bits per heavy atom. The second-order valence-electron chi connectivity index (χ2n) is 6.79. The van der Waals surface area contributed by atoms with E-state index in [1.807, 2.05) is 13.0 Å². The highest BCUT2D eigenvalue weighted by atomic mass is 19.4. The van der Waals surface area contributed by atoms with E-state index in [0.717, 1.165) is 22.4 Å². The summed E-state index contributed by atoms with van der Waals surface area (Å²) in [6.45, 7) is 1.84. The van der Waals surface area contributed by atoms with Crippen molar-refractivity contribution in [2.45, 2.75) is 19.0 Å². The van der Waals surface area contributed by atoms with Gasteiger partial charge in [-0.1, -0.05) is 29.8 Å². The van der Waals surface area contributed by atoms with Crippen molar-refractivity contribution in [1.82, 2.24) is 9.78 Å². The molecule has 1 atom stereocenters. The Morgan fingerprint density at radius 1 is 1.10 bits per heavy atom. The van der Waals surface area contributed by atoms with Crippen molar-refractivity contribution in [3.05, 3.63) is 88.2 Å². The molecule has 0 amide bonds. The summed E-state index contributed by atoms with van der Waals surface area (Å²) >= 11 is 0. The van der Waals surface area contributed by atoms with Gasteiger partial charge < -0.3 is 10.5 Å². The van der Waals surface area contributed by atoms with Gasteiger partial charge in [-0.25, -0.2) is 4.39 Å². The second-order valence-corrected chi connectivity index (χ2v) is 6.79. The third-order valence-electron chi connectivity index (χ3n) is 4.80. The minimum atomic E-state index is -4.83. The average Bonchev–Trinajstić information content (AvgIpc) is 3.07. The van der Waals surface area contributed by atoms with E-state index in [9.17, 15) is 22.8 Å².